The van der Waals surface area contributed by atoms with Crippen molar-refractivity contribution in [2.45, 2.75) is 20.3 Å². The van der Waals surface area contributed by atoms with Crippen LogP contribution in [0.4, 0.5) is 0 Å². The fourth-order valence-electron chi connectivity index (χ4n) is 1.10. The summed E-state index contributed by atoms with van der Waals surface area (Å²) in [5, 5.41) is 0. The number of carbonyl (C=O) groups excluding carboxylic acids is 1. The summed E-state index contributed by atoms with van der Waals surface area (Å²) in [6.45, 7) is 3.80. The number of carbonyl (C=O) groups is 1. The lowest BCUT2D eigenvalue weighted by atomic mass is 10.2. The van der Waals surface area contributed by atoms with Gasteiger partial charge in [-0.2, -0.15) is 0 Å². The van der Waals surface area contributed by atoms with Crippen LogP contribution in [0, 0.1) is 0 Å². The van der Waals surface area contributed by atoms with E-state index in [1.807, 2.05) is 19.9 Å². The van der Waals surface area contributed by atoms with E-state index in [0.717, 1.165) is 12.0 Å². The van der Waals surface area contributed by atoms with Crippen LogP contribution in [0.25, 0.3) is 0 Å². The van der Waals surface area contributed by atoms with E-state index < -0.39 is 5.97 Å². The fourth-order valence-corrected chi connectivity index (χ4v) is 1.10. The van der Waals surface area contributed by atoms with E-state index in [4.69, 9.17) is 9.47 Å². The molecule has 0 spiro atoms. The van der Waals surface area contributed by atoms with Crippen molar-refractivity contribution in [1.82, 2.24) is 0 Å². The summed E-state index contributed by atoms with van der Waals surface area (Å²) in [6, 6.07) is 0. The van der Waals surface area contributed by atoms with Crippen molar-refractivity contribution in [2.75, 3.05) is 7.11 Å². The molecule has 0 bridgehead atoms. The lowest BCUT2D eigenvalue weighted by molar-refractivity contribution is -0.136. The highest BCUT2D eigenvalue weighted by Crippen LogP contribution is 2.25. The lowest BCUT2D eigenvalue weighted by Gasteiger charge is -1.94. The average Bonchev–Trinajstić information content (AvgIpc) is 2.29. The second-order valence-electron chi connectivity index (χ2n) is 2.52. The summed E-state index contributed by atoms with van der Waals surface area (Å²) in [4.78, 5) is 11.1. The second-order valence-corrected chi connectivity index (χ2v) is 2.52. The summed E-state index contributed by atoms with van der Waals surface area (Å²) in [7, 11) is 1.47. The number of hydrogen-bond donors (Lipinski definition) is 0. The predicted octanol–water partition coefficient (Wildman–Crippen LogP) is 1.76. The van der Waals surface area contributed by atoms with E-state index in [-0.39, 0.29) is 0 Å². The number of ether oxygens (including phenoxy) is 2. The van der Waals surface area contributed by atoms with Gasteiger partial charge in [0.15, 0.2) is 0 Å². The van der Waals surface area contributed by atoms with Crippen molar-refractivity contribution in [3.05, 3.63) is 23.2 Å². The van der Waals surface area contributed by atoms with E-state index in [1.54, 1.807) is 0 Å². The van der Waals surface area contributed by atoms with Crippen LogP contribution < -0.4 is 0 Å². The van der Waals surface area contributed by atoms with Gasteiger partial charge in [0, 0.05) is 5.57 Å². The molecule has 0 saturated heterocycles. The lowest BCUT2D eigenvalue weighted by Crippen LogP contribution is -1.99. The standard InChI is InChI=1S/C9H12O3/c1-4-5-7-6(2)8(11-3)9(10)12-7/h5H,4H2,1-3H3. The predicted molar refractivity (Wildman–Crippen MR) is 44.2 cm³/mol. The van der Waals surface area contributed by atoms with Gasteiger partial charge in [0.25, 0.3) is 0 Å². The van der Waals surface area contributed by atoms with Crippen LogP contribution in [-0.4, -0.2) is 13.1 Å². The van der Waals surface area contributed by atoms with Gasteiger partial charge in [-0.3, -0.25) is 0 Å². The number of allylic oxidation sites excluding steroid dienone is 2. The summed E-state index contributed by atoms with van der Waals surface area (Å²) < 4.78 is 9.82. The van der Waals surface area contributed by atoms with E-state index in [9.17, 15) is 4.79 Å². The largest absolute Gasteiger partial charge is 0.490 e. The molecule has 3 heteroatoms. The Bertz CT molecular complexity index is 261. The third-order valence-corrected chi connectivity index (χ3v) is 1.69. The molecule has 0 aromatic rings. The minimum Gasteiger partial charge on any atom is -0.490 e. The molecule has 1 heterocycles. The van der Waals surface area contributed by atoms with Gasteiger partial charge < -0.3 is 9.47 Å². The van der Waals surface area contributed by atoms with E-state index >= 15 is 0 Å². The Hall–Kier alpha value is -1.25. The topological polar surface area (TPSA) is 35.5 Å². The van der Waals surface area contributed by atoms with Gasteiger partial charge in [-0.05, 0) is 19.4 Å². The normalized spacial score (nSPS) is 20.2. The smallest absolute Gasteiger partial charge is 0.379 e. The Labute approximate surface area is 71.7 Å². The minimum atomic E-state index is -0.394. The second kappa shape index (κ2) is 3.43. The fraction of sp³-hybridized carbons (Fsp3) is 0.444. The van der Waals surface area contributed by atoms with Crippen molar-refractivity contribution >= 4 is 5.97 Å². The summed E-state index contributed by atoms with van der Waals surface area (Å²) >= 11 is 0. The zero-order valence-electron chi connectivity index (χ0n) is 7.51. The van der Waals surface area contributed by atoms with Crippen molar-refractivity contribution in [3.63, 3.8) is 0 Å². The van der Waals surface area contributed by atoms with Crippen molar-refractivity contribution in [3.8, 4) is 0 Å². The molecule has 0 amide bonds. The molecule has 0 saturated carbocycles. The average molecular weight is 168 g/mol. The molecule has 1 aliphatic rings. The first-order valence-corrected chi connectivity index (χ1v) is 3.88. The zero-order valence-corrected chi connectivity index (χ0v) is 7.51. The molecule has 0 aromatic heterocycles. The molecule has 1 rings (SSSR count). The molecule has 0 atom stereocenters. The first-order chi connectivity index (χ1) is 5.70. The van der Waals surface area contributed by atoms with Crippen LogP contribution in [0.5, 0.6) is 0 Å². The highest BCUT2D eigenvalue weighted by Gasteiger charge is 2.27. The maximum Gasteiger partial charge on any atom is 0.379 e. The maximum atomic E-state index is 11.1. The van der Waals surface area contributed by atoms with Crippen LogP contribution >= 0.6 is 0 Å². The third-order valence-electron chi connectivity index (χ3n) is 1.69. The molecule has 0 unspecified atom stereocenters. The van der Waals surface area contributed by atoms with E-state index in [2.05, 4.69) is 0 Å². The maximum absolute atomic E-state index is 11.1. The quantitative estimate of drug-likeness (QED) is 0.589. The van der Waals surface area contributed by atoms with Crippen LogP contribution in [0.3, 0.4) is 0 Å². The van der Waals surface area contributed by atoms with E-state index in [1.165, 1.54) is 7.11 Å². The summed E-state index contributed by atoms with van der Waals surface area (Å²) in [5.74, 6) is 0.545. The minimum absolute atomic E-state index is 0.315. The SMILES string of the molecule is CCC=C1OC(=O)C(OC)=C1C. The molecule has 12 heavy (non-hydrogen) atoms. The Balaban J connectivity index is 2.96. The van der Waals surface area contributed by atoms with Crippen LogP contribution in [-0.2, 0) is 14.3 Å². The monoisotopic (exact) mass is 168 g/mol. The molecule has 0 aromatic carbocycles. The van der Waals surface area contributed by atoms with Crippen molar-refractivity contribution < 1.29 is 14.3 Å². The summed E-state index contributed by atoms with van der Waals surface area (Å²) in [5.41, 5.74) is 0.782. The summed E-state index contributed by atoms with van der Waals surface area (Å²) in [6.07, 6.45) is 2.70. The molecule has 66 valence electrons. The number of cyclic esters (lactones) is 1. The number of esters is 1. The van der Waals surface area contributed by atoms with Crippen molar-refractivity contribution in [1.29, 1.82) is 0 Å². The molecule has 0 aliphatic carbocycles. The van der Waals surface area contributed by atoms with Crippen LogP contribution in [0.2, 0.25) is 0 Å². The highest BCUT2D eigenvalue weighted by molar-refractivity contribution is 5.92. The molecule has 3 nitrogen and oxygen atoms in total. The van der Waals surface area contributed by atoms with Crippen LogP contribution in [0.1, 0.15) is 20.3 Å². The third kappa shape index (κ3) is 1.35. The molecular weight excluding hydrogens is 156 g/mol. The Morgan fingerprint density at radius 3 is 2.67 bits per heavy atom. The van der Waals surface area contributed by atoms with Gasteiger partial charge in [-0.15, -0.1) is 0 Å². The number of methoxy groups -OCH3 is 1. The first kappa shape index (κ1) is 8.84. The molecular formula is C9H12O3. The number of rotatable bonds is 2. The first-order valence-electron chi connectivity index (χ1n) is 3.88. The Kier molecular flexibility index (Phi) is 2.53. The molecule has 0 radical (unpaired) electrons. The van der Waals surface area contributed by atoms with Gasteiger partial charge in [0.1, 0.15) is 5.76 Å². The van der Waals surface area contributed by atoms with Gasteiger partial charge in [0.2, 0.25) is 5.76 Å². The Morgan fingerprint density at radius 2 is 2.25 bits per heavy atom. The number of hydrogen-bond acceptors (Lipinski definition) is 3. The molecule has 0 N–H and O–H groups in total. The highest BCUT2D eigenvalue weighted by atomic mass is 16.6. The zero-order chi connectivity index (χ0) is 9.14. The molecule has 0 fully saturated rings. The molecule has 1 aliphatic heterocycles. The Morgan fingerprint density at radius 1 is 1.58 bits per heavy atom. The van der Waals surface area contributed by atoms with Gasteiger partial charge in [-0.25, -0.2) is 4.79 Å². The van der Waals surface area contributed by atoms with E-state index in [0.29, 0.717) is 11.5 Å². The van der Waals surface area contributed by atoms with Gasteiger partial charge >= 0.3 is 5.97 Å². The van der Waals surface area contributed by atoms with Crippen LogP contribution in [0.15, 0.2) is 23.2 Å². The van der Waals surface area contributed by atoms with Gasteiger partial charge in [-0.1, -0.05) is 6.92 Å². The van der Waals surface area contributed by atoms with Crippen molar-refractivity contribution in [2.24, 2.45) is 0 Å². The van der Waals surface area contributed by atoms with Gasteiger partial charge in [0.05, 0.1) is 7.11 Å².